The van der Waals surface area contributed by atoms with Gasteiger partial charge in [0.25, 0.3) is 0 Å². The summed E-state index contributed by atoms with van der Waals surface area (Å²) in [5, 5.41) is 0. The number of nitrogens with one attached hydrogen (secondary N) is 1. The van der Waals surface area contributed by atoms with Crippen LogP contribution >= 0.6 is 0 Å². The number of hydrogen-bond donors (Lipinski definition) is 1. The Morgan fingerprint density at radius 3 is 2.62 bits per heavy atom. The number of rotatable bonds is 2. The standard InChI is InChI=1S/C11H10N2/c1-2-4-10(5-3-1)6-7-11-12-8-9-13-11/h1-9H,(H,12,13). The van der Waals surface area contributed by atoms with E-state index in [4.69, 9.17) is 0 Å². The number of imidazole rings is 1. The zero-order valence-electron chi connectivity index (χ0n) is 7.14. The molecule has 1 N–H and O–H groups in total. The van der Waals surface area contributed by atoms with Gasteiger partial charge >= 0.3 is 0 Å². The quantitative estimate of drug-likeness (QED) is 0.737. The summed E-state index contributed by atoms with van der Waals surface area (Å²) in [7, 11) is 0. The predicted molar refractivity (Wildman–Crippen MR) is 54.0 cm³/mol. The smallest absolute Gasteiger partial charge is 0.129 e. The minimum atomic E-state index is 0.879. The van der Waals surface area contributed by atoms with Crippen LogP contribution in [0, 0.1) is 0 Å². The molecule has 0 aliphatic carbocycles. The third-order valence-corrected chi connectivity index (χ3v) is 1.75. The van der Waals surface area contributed by atoms with Gasteiger partial charge in [0.1, 0.15) is 5.82 Å². The number of hydrogen-bond acceptors (Lipinski definition) is 1. The Bertz CT molecular complexity index is 374. The van der Waals surface area contributed by atoms with Crippen LogP contribution in [-0.2, 0) is 0 Å². The number of nitrogens with zero attached hydrogens (tertiary/aromatic N) is 1. The van der Waals surface area contributed by atoms with E-state index in [2.05, 4.69) is 22.1 Å². The summed E-state index contributed by atoms with van der Waals surface area (Å²) in [5.41, 5.74) is 1.18. The van der Waals surface area contributed by atoms with E-state index in [9.17, 15) is 0 Å². The van der Waals surface area contributed by atoms with Crippen molar-refractivity contribution >= 4 is 12.2 Å². The van der Waals surface area contributed by atoms with Gasteiger partial charge < -0.3 is 4.98 Å². The van der Waals surface area contributed by atoms with Gasteiger partial charge in [-0.05, 0) is 11.6 Å². The molecule has 0 fully saturated rings. The maximum atomic E-state index is 4.09. The summed E-state index contributed by atoms with van der Waals surface area (Å²) in [4.78, 5) is 7.10. The first-order valence-corrected chi connectivity index (χ1v) is 4.18. The Morgan fingerprint density at radius 2 is 1.92 bits per heavy atom. The molecule has 0 bridgehead atoms. The fourth-order valence-electron chi connectivity index (χ4n) is 1.11. The van der Waals surface area contributed by atoms with Crippen LogP contribution in [0.15, 0.2) is 42.7 Å². The van der Waals surface area contributed by atoms with E-state index in [0.717, 1.165) is 5.82 Å². The van der Waals surface area contributed by atoms with E-state index >= 15 is 0 Å². The second kappa shape index (κ2) is 3.72. The third-order valence-electron chi connectivity index (χ3n) is 1.75. The van der Waals surface area contributed by atoms with Crippen molar-refractivity contribution in [1.29, 1.82) is 0 Å². The fraction of sp³-hybridized carbons (Fsp3) is 0. The van der Waals surface area contributed by atoms with Crippen molar-refractivity contribution in [1.82, 2.24) is 9.97 Å². The molecule has 1 aromatic carbocycles. The Balaban J connectivity index is 2.15. The van der Waals surface area contributed by atoms with Crippen molar-refractivity contribution < 1.29 is 0 Å². The highest BCUT2D eigenvalue weighted by atomic mass is 14.9. The lowest BCUT2D eigenvalue weighted by molar-refractivity contribution is 1.27. The van der Waals surface area contributed by atoms with Crippen LogP contribution in [0.3, 0.4) is 0 Å². The minimum absolute atomic E-state index is 0.879. The maximum Gasteiger partial charge on any atom is 0.129 e. The minimum Gasteiger partial charge on any atom is -0.345 e. The molecule has 0 saturated heterocycles. The molecule has 0 amide bonds. The topological polar surface area (TPSA) is 28.7 Å². The number of aromatic amines is 1. The fourth-order valence-corrected chi connectivity index (χ4v) is 1.11. The summed E-state index contributed by atoms with van der Waals surface area (Å²) in [6.07, 6.45) is 7.53. The number of aromatic nitrogens is 2. The molecule has 0 radical (unpaired) electrons. The normalized spacial score (nSPS) is 10.8. The molecule has 2 heteroatoms. The molecular formula is C11H10N2. The highest BCUT2D eigenvalue weighted by Crippen LogP contribution is 2.03. The van der Waals surface area contributed by atoms with Gasteiger partial charge in [-0.1, -0.05) is 36.4 Å². The van der Waals surface area contributed by atoms with E-state index in [0.29, 0.717) is 0 Å². The average molecular weight is 170 g/mol. The first-order chi connectivity index (χ1) is 6.45. The lowest BCUT2D eigenvalue weighted by Crippen LogP contribution is -1.73. The van der Waals surface area contributed by atoms with Gasteiger partial charge in [0.2, 0.25) is 0 Å². The third kappa shape index (κ3) is 2.06. The summed E-state index contributed by atoms with van der Waals surface area (Å²) < 4.78 is 0. The van der Waals surface area contributed by atoms with Crippen LogP contribution in [0.4, 0.5) is 0 Å². The second-order valence-electron chi connectivity index (χ2n) is 2.72. The van der Waals surface area contributed by atoms with Crippen LogP contribution in [0.5, 0.6) is 0 Å². The zero-order valence-corrected chi connectivity index (χ0v) is 7.14. The van der Waals surface area contributed by atoms with Gasteiger partial charge in [-0.3, -0.25) is 0 Å². The van der Waals surface area contributed by atoms with Gasteiger partial charge in [-0.25, -0.2) is 4.98 Å². The second-order valence-corrected chi connectivity index (χ2v) is 2.72. The van der Waals surface area contributed by atoms with E-state index in [1.165, 1.54) is 5.56 Å². The Hall–Kier alpha value is -1.83. The van der Waals surface area contributed by atoms with Crippen molar-refractivity contribution in [2.24, 2.45) is 0 Å². The van der Waals surface area contributed by atoms with Gasteiger partial charge in [-0.15, -0.1) is 0 Å². The Labute approximate surface area is 77.0 Å². The number of benzene rings is 1. The highest BCUT2D eigenvalue weighted by Gasteiger charge is 1.86. The van der Waals surface area contributed by atoms with Crippen molar-refractivity contribution in [2.75, 3.05) is 0 Å². The van der Waals surface area contributed by atoms with Crippen molar-refractivity contribution in [3.05, 3.63) is 54.1 Å². The SMILES string of the molecule is C(=Cc1ncc[nH]1)c1ccccc1. The maximum absolute atomic E-state index is 4.09. The van der Waals surface area contributed by atoms with Crippen LogP contribution in [0.1, 0.15) is 11.4 Å². The van der Waals surface area contributed by atoms with Crippen molar-refractivity contribution in [2.45, 2.75) is 0 Å². The van der Waals surface area contributed by atoms with E-state index in [1.54, 1.807) is 6.20 Å². The molecule has 1 heterocycles. The summed E-state index contributed by atoms with van der Waals surface area (Å²) in [6.45, 7) is 0. The summed E-state index contributed by atoms with van der Waals surface area (Å²) >= 11 is 0. The van der Waals surface area contributed by atoms with Crippen LogP contribution in [-0.4, -0.2) is 9.97 Å². The molecule has 0 aliphatic rings. The highest BCUT2D eigenvalue weighted by molar-refractivity contribution is 5.66. The first-order valence-electron chi connectivity index (χ1n) is 4.18. The lowest BCUT2D eigenvalue weighted by Gasteiger charge is -1.89. The Kier molecular flexibility index (Phi) is 2.23. The predicted octanol–water partition coefficient (Wildman–Crippen LogP) is 2.58. The molecule has 0 unspecified atom stereocenters. The Morgan fingerprint density at radius 1 is 1.08 bits per heavy atom. The van der Waals surface area contributed by atoms with Crippen molar-refractivity contribution in [3.8, 4) is 0 Å². The zero-order chi connectivity index (χ0) is 8.93. The molecule has 2 aromatic rings. The largest absolute Gasteiger partial charge is 0.345 e. The molecule has 2 nitrogen and oxygen atoms in total. The van der Waals surface area contributed by atoms with E-state index in [1.807, 2.05) is 36.5 Å². The molecule has 0 aliphatic heterocycles. The van der Waals surface area contributed by atoms with Gasteiger partial charge in [0, 0.05) is 12.4 Å². The van der Waals surface area contributed by atoms with E-state index in [-0.39, 0.29) is 0 Å². The molecule has 64 valence electrons. The molecular weight excluding hydrogens is 160 g/mol. The lowest BCUT2D eigenvalue weighted by atomic mass is 10.2. The molecule has 0 atom stereocenters. The van der Waals surface area contributed by atoms with Crippen molar-refractivity contribution in [3.63, 3.8) is 0 Å². The number of H-pyrrole nitrogens is 1. The summed E-state index contributed by atoms with van der Waals surface area (Å²) in [6, 6.07) is 10.1. The average Bonchev–Trinajstić information content (AvgIpc) is 2.69. The van der Waals surface area contributed by atoms with E-state index < -0.39 is 0 Å². The molecule has 1 aromatic heterocycles. The van der Waals surface area contributed by atoms with Gasteiger partial charge in [-0.2, -0.15) is 0 Å². The molecule has 2 rings (SSSR count). The molecule has 13 heavy (non-hydrogen) atoms. The molecule has 0 spiro atoms. The van der Waals surface area contributed by atoms with Crippen LogP contribution in [0.25, 0.3) is 12.2 Å². The first kappa shape index (κ1) is 7.80. The monoisotopic (exact) mass is 170 g/mol. The van der Waals surface area contributed by atoms with Crippen LogP contribution in [0.2, 0.25) is 0 Å². The van der Waals surface area contributed by atoms with Gasteiger partial charge in [0.05, 0.1) is 0 Å². The van der Waals surface area contributed by atoms with Crippen LogP contribution < -0.4 is 0 Å². The van der Waals surface area contributed by atoms with Gasteiger partial charge in [0.15, 0.2) is 0 Å². The summed E-state index contributed by atoms with van der Waals surface area (Å²) in [5.74, 6) is 0.879. The molecule has 0 saturated carbocycles.